The van der Waals surface area contributed by atoms with Crippen LogP contribution in [-0.2, 0) is 35.2 Å². The van der Waals surface area contributed by atoms with Crippen molar-refractivity contribution in [1.82, 2.24) is 16.0 Å². The molecule has 0 aliphatic carbocycles. The van der Waals surface area contributed by atoms with E-state index < -0.39 is 78.7 Å². The number of aliphatic hydroxyl groups is 1. The van der Waals surface area contributed by atoms with Crippen molar-refractivity contribution < 1.29 is 49.2 Å². The van der Waals surface area contributed by atoms with Gasteiger partial charge in [0, 0.05) is 19.3 Å². The molecule has 3 amide bonds. The number of hydrogen-bond acceptors (Lipinski definition) is 8. The predicted molar refractivity (Wildman–Crippen MR) is 127 cm³/mol. The Bertz CT molecular complexity index is 970. The summed E-state index contributed by atoms with van der Waals surface area (Å²) in [6.45, 7) is 1.16. The highest BCUT2D eigenvalue weighted by Gasteiger charge is 2.32. The van der Waals surface area contributed by atoms with Crippen LogP contribution >= 0.6 is 0 Å². The second-order valence-corrected chi connectivity index (χ2v) is 8.35. The summed E-state index contributed by atoms with van der Waals surface area (Å²) in [5.74, 6) is -6.73. The van der Waals surface area contributed by atoms with Crippen LogP contribution in [0.5, 0.6) is 0 Å². The van der Waals surface area contributed by atoms with E-state index in [4.69, 9.17) is 15.9 Å². The minimum absolute atomic E-state index is 0.0950. The lowest BCUT2D eigenvalue weighted by Gasteiger charge is -2.25. The molecule has 0 bridgehead atoms. The Labute approximate surface area is 212 Å². The number of carboxylic acid groups (broad SMARTS) is 3. The fraction of sp³-hybridized carbons (Fsp3) is 0.478. The summed E-state index contributed by atoms with van der Waals surface area (Å²) in [5, 5.41) is 43.6. The van der Waals surface area contributed by atoms with Crippen molar-refractivity contribution in [1.29, 1.82) is 0 Å². The molecule has 0 radical (unpaired) electrons. The standard InChI is InChI=1S/C23H32N4O10/c1-12(28)19(23(36)37)27-22(35)16(11-13-5-3-2-4-6-13)26-21(34)15(8-10-18(31)32)25-20(33)14(24)7-9-17(29)30/h2-6,12,14-16,19,28H,7-11,24H2,1H3,(H,25,33)(H,26,34)(H,27,35)(H,29,30)(H,31,32)(H,36,37). The van der Waals surface area contributed by atoms with Gasteiger partial charge in [-0.3, -0.25) is 24.0 Å². The van der Waals surface area contributed by atoms with Gasteiger partial charge < -0.3 is 42.1 Å². The molecule has 5 unspecified atom stereocenters. The first-order valence-corrected chi connectivity index (χ1v) is 11.4. The van der Waals surface area contributed by atoms with Crippen LogP contribution in [0, 0.1) is 0 Å². The summed E-state index contributed by atoms with van der Waals surface area (Å²) >= 11 is 0. The maximum Gasteiger partial charge on any atom is 0.328 e. The minimum atomic E-state index is -1.67. The van der Waals surface area contributed by atoms with Crippen LogP contribution in [0.15, 0.2) is 30.3 Å². The molecule has 1 aromatic carbocycles. The number of carbonyl (C=O) groups excluding carboxylic acids is 3. The van der Waals surface area contributed by atoms with Crippen LogP contribution in [0.3, 0.4) is 0 Å². The number of benzene rings is 1. The van der Waals surface area contributed by atoms with E-state index in [9.17, 15) is 39.0 Å². The lowest BCUT2D eigenvalue weighted by Crippen LogP contribution is -2.58. The summed E-state index contributed by atoms with van der Waals surface area (Å²) < 4.78 is 0. The molecule has 0 spiro atoms. The number of nitrogens with one attached hydrogen (secondary N) is 3. The van der Waals surface area contributed by atoms with Gasteiger partial charge in [0.1, 0.15) is 12.1 Å². The van der Waals surface area contributed by atoms with Crippen LogP contribution in [-0.4, -0.2) is 86.3 Å². The van der Waals surface area contributed by atoms with Gasteiger partial charge in [-0.1, -0.05) is 30.3 Å². The van der Waals surface area contributed by atoms with Crippen LogP contribution in [0.25, 0.3) is 0 Å². The van der Waals surface area contributed by atoms with Gasteiger partial charge in [-0.2, -0.15) is 0 Å². The summed E-state index contributed by atoms with van der Waals surface area (Å²) in [6.07, 6.45) is -3.09. The number of carbonyl (C=O) groups is 6. The maximum atomic E-state index is 13.0. The van der Waals surface area contributed by atoms with Crippen molar-refractivity contribution in [2.75, 3.05) is 0 Å². The molecular weight excluding hydrogens is 492 g/mol. The highest BCUT2D eigenvalue weighted by molar-refractivity contribution is 5.94. The van der Waals surface area contributed by atoms with Crippen molar-refractivity contribution in [3.63, 3.8) is 0 Å². The van der Waals surface area contributed by atoms with Gasteiger partial charge in [-0.15, -0.1) is 0 Å². The van der Waals surface area contributed by atoms with E-state index in [0.29, 0.717) is 5.56 Å². The molecule has 0 fully saturated rings. The first kappa shape index (κ1) is 31.0. The average Bonchev–Trinajstić information content (AvgIpc) is 2.82. The second kappa shape index (κ2) is 15.2. The van der Waals surface area contributed by atoms with E-state index in [0.717, 1.165) is 6.92 Å². The summed E-state index contributed by atoms with van der Waals surface area (Å²) in [4.78, 5) is 71.5. The van der Waals surface area contributed by atoms with Crippen LogP contribution < -0.4 is 21.7 Å². The van der Waals surface area contributed by atoms with E-state index in [-0.39, 0.29) is 19.3 Å². The van der Waals surface area contributed by atoms with Crippen LogP contribution in [0.4, 0.5) is 0 Å². The molecule has 14 nitrogen and oxygen atoms in total. The zero-order valence-corrected chi connectivity index (χ0v) is 20.1. The van der Waals surface area contributed by atoms with Gasteiger partial charge in [0.15, 0.2) is 6.04 Å². The van der Waals surface area contributed by atoms with Gasteiger partial charge >= 0.3 is 17.9 Å². The van der Waals surface area contributed by atoms with E-state index in [1.165, 1.54) is 0 Å². The van der Waals surface area contributed by atoms with E-state index in [1.54, 1.807) is 30.3 Å². The Kier molecular flexibility index (Phi) is 12.7. The largest absolute Gasteiger partial charge is 0.481 e. The number of amides is 3. The van der Waals surface area contributed by atoms with Crippen LogP contribution in [0.2, 0.25) is 0 Å². The van der Waals surface area contributed by atoms with E-state index in [1.807, 2.05) is 0 Å². The fourth-order valence-corrected chi connectivity index (χ4v) is 3.20. The highest BCUT2D eigenvalue weighted by atomic mass is 16.4. The molecule has 0 aromatic heterocycles. The SMILES string of the molecule is CC(O)C(NC(=O)C(Cc1ccccc1)NC(=O)C(CCC(=O)O)NC(=O)C(N)CCC(=O)O)C(=O)O. The third kappa shape index (κ3) is 11.5. The van der Waals surface area contributed by atoms with Crippen molar-refractivity contribution in [2.24, 2.45) is 5.73 Å². The minimum Gasteiger partial charge on any atom is -0.481 e. The smallest absolute Gasteiger partial charge is 0.328 e. The molecular formula is C23H32N4O10. The first-order chi connectivity index (χ1) is 17.3. The summed E-state index contributed by atoms with van der Waals surface area (Å²) in [6, 6.07) is 2.61. The molecule has 0 aliphatic rings. The van der Waals surface area contributed by atoms with Gasteiger partial charge in [0.05, 0.1) is 12.1 Å². The van der Waals surface area contributed by atoms with Gasteiger partial charge in [-0.25, -0.2) is 4.79 Å². The topological polar surface area (TPSA) is 245 Å². The zero-order valence-electron chi connectivity index (χ0n) is 20.1. The first-order valence-electron chi connectivity index (χ1n) is 11.4. The molecule has 14 heteroatoms. The van der Waals surface area contributed by atoms with Crippen molar-refractivity contribution in [3.05, 3.63) is 35.9 Å². The molecule has 204 valence electrons. The molecule has 9 N–H and O–H groups in total. The number of nitrogens with two attached hydrogens (primary N) is 1. The third-order valence-corrected chi connectivity index (χ3v) is 5.25. The molecule has 0 aliphatic heterocycles. The summed E-state index contributed by atoms with van der Waals surface area (Å²) in [5.41, 5.74) is 6.26. The number of carboxylic acids is 3. The summed E-state index contributed by atoms with van der Waals surface area (Å²) in [7, 11) is 0. The Morgan fingerprint density at radius 3 is 1.81 bits per heavy atom. The Morgan fingerprint density at radius 2 is 1.30 bits per heavy atom. The predicted octanol–water partition coefficient (Wildman–Crippen LogP) is -1.79. The molecule has 0 saturated carbocycles. The molecule has 0 heterocycles. The Morgan fingerprint density at radius 1 is 0.784 bits per heavy atom. The highest BCUT2D eigenvalue weighted by Crippen LogP contribution is 2.07. The fourth-order valence-electron chi connectivity index (χ4n) is 3.20. The molecule has 37 heavy (non-hydrogen) atoms. The van der Waals surface area contributed by atoms with Gasteiger partial charge in [0.2, 0.25) is 17.7 Å². The van der Waals surface area contributed by atoms with Crippen molar-refractivity contribution in [2.45, 2.75) is 69.3 Å². The monoisotopic (exact) mass is 524 g/mol. The Hall–Kier alpha value is -4.04. The number of hydrogen-bond donors (Lipinski definition) is 8. The Balaban J connectivity index is 3.12. The number of aliphatic hydroxyl groups excluding tert-OH is 1. The van der Waals surface area contributed by atoms with Crippen molar-refractivity contribution >= 4 is 35.6 Å². The van der Waals surface area contributed by atoms with Crippen LogP contribution in [0.1, 0.15) is 38.2 Å². The number of rotatable bonds is 16. The normalized spacial score (nSPS) is 14.8. The lowest BCUT2D eigenvalue weighted by molar-refractivity contribution is -0.145. The zero-order chi connectivity index (χ0) is 28.1. The second-order valence-electron chi connectivity index (χ2n) is 8.35. The van der Waals surface area contributed by atoms with Gasteiger partial charge in [-0.05, 0) is 25.3 Å². The third-order valence-electron chi connectivity index (χ3n) is 5.25. The number of aliphatic carboxylic acids is 3. The molecule has 1 aromatic rings. The molecule has 5 atom stereocenters. The van der Waals surface area contributed by atoms with Crippen molar-refractivity contribution in [3.8, 4) is 0 Å². The quantitative estimate of drug-likeness (QED) is 0.120. The maximum absolute atomic E-state index is 13.0. The van der Waals surface area contributed by atoms with E-state index >= 15 is 0 Å². The van der Waals surface area contributed by atoms with E-state index in [2.05, 4.69) is 16.0 Å². The molecule has 0 saturated heterocycles. The van der Waals surface area contributed by atoms with Gasteiger partial charge in [0.25, 0.3) is 0 Å². The lowest BCUT2D eigenvalue weighted by atomic mass is 10.0. The average molecular weight is 525 g/mol. The molecule has 1 rings (SSSR count).